The van der Waals surface area contributed by atoms with Gasteiger partial charge in [-0.15, -0.1) is 6.58 Å². The summed E-state index contributed by atoms with van der Waals surface area (Å²) in [6, 6.07) is 0. The fourth-order valence-electron chi connectivity index (χ4n) is 2.04. The van der Waals surface area contributed by atoms with Gasteiger partial charge in [0, 0.05) is 0 Å². The van der Waals surface area contributed by atoms with Gasteiger partial charge in [-0.1, -0.05) is 18.2 Å². The van der Waals surface area contributed by atoms with Gasteiger partial charge in [0.25, 0.3) is 0 Å². The minimum Gasteiger partial charge on any atom is -0.392 e. The Bertz CT molecular complexity index is 329. The lowest BCUT2D eigenvalue weighted by molar-refractivity contribution is -0.164. The van der Waals surface area contributed by atoms with E-state index in [2.05, 4.69) is 6.58 Å². The normalized spacial score (nSPS) is 35.3. The molecule has 0 aromatic rings. The summed E-state index contributed by atoms with van der Waals surface area (Å²) in [7, 11) is 0. The van der Waals surface area contributed by atoms with Crippen LogP contribution in [0.1, 0.15) is 19.3 Å². The summed E-state index contributed by atoms with van der Waals surface area (Å²) >= 11 is 0. The number of ether oxygens (including phenoxy) is 1. The molecule has 3 aliphatic rings. The van der Waals surface area contributed by atoms with E-state index in [0.29, 0.717) is 19.3 Å². The average Bonchev–Trinajstić information content (AvgIpc) is 2.35. The zero-order valence-electron chi connectivity index (χ0n) is 7.86. The van der Waals surface area contributed by atoms with Gasteiger partial charge in [0.1, 0.15) is 0 Å². The summed E-state index contributed by atoms with van der Waals surface area (Å²) in [4.78, 5) is 23.0. The second-order valence-corrected chi connectivity index (χ2v) is 3.86. The van der Waals surface area contributed by atoms with E-state index < -0.39 is 17.4 Å². The van der Waals surface area contributed by atoms with Gasteiger partial charge >= 0.3 is 11.9 Å². The molecule has 0 N–H and O–H groups in total. The van der Waals surface area contributed by atoms with Crippen molar-refractivity contribution >= 4 is 11.9 Å². The lowest BCUT2D eigenvalue weighted by atomic mass is 9.75. The highest BCUT2D eigenvalue weighted by atomic mass is 16.6. The summed E-state index contributed by atoms with van der Waals surface area (Å²) in [5.41, 5.74) is -0.621. The smallest absolute Gasteiger partial charge is 0.323 e. The third kappa shape index (κ3) is 1.20. The predicted octanol–water partition coefficient (Wildman–Crippen LogP) is 1.60. The zero-order valence-corrected chi connectivity index (χ0v) is 7.86. The molecule has 0 saturated carbocycles. The van der Waals surface area contributed by atoms with Crippen LogP contribution < -0.4 is 0 Å². The molecule has 0 amide bonds. The number of carbonyl (C=O) groups is 2. The van der Waals surface area contributed by atoms with Crippen LogP contribution in [0.25, 0.3) is 0 Å². The Morgan fingerprint density at radius 2 is 2.43 bits per heavy atom. The lowest BCUT2D eigenvalue weighted by Gasteiger charge is -2.26. The third-order valence-electron chi connectivity index (χ3n) is 2.96. The summed E-state index contributed by atoms with van der Waals surface area (Å²) in [5.74, 6) is -1.05. The van der Waals surface area contributed by atoms with Crippen LogP contribution in [-0.2, 0) is 14.3 Å². The van der Waals surface area contributed by atoms with E-state index in [-0.39, 0.29) is 5.92 Å². The maximum absolute atomic E-state index is 11.7. The van der Waals surface area contributed by atoms with Gasteiger partial charge in [0.05, 0.1) is 11.3 Å². The number of hydrogen-bond acceptors (Lipinski definition) is 3. The second kappa shape index (κ2) is 3.08. The van der Waals surface area contributed by atoms with Gasteiger partial charge in [-0.05, 0) is 19.3 Å². The molecule has 2 heterocycles. The molecule has 0 spiro atoms. The van der Waals surface area contributed by atoms with E-state index in [0.717, 1.165) is 0 Å². The predicted molar refractivity (Wildman–Crippen MR) is 50.2 cm³/mol. The summed E-state index contributed by atoms with van der Waals surface area (Å²) in [6.07, 6.45) is 7.24. The Morgan fingerprint density at radius 1 is 1.64 bits per heavy atom. The van der Waals surface area contributed by atoms with Crippen LogP contribution >= 0.6 is 0 Å². The summed E-state index contributed by atoms with van der Waals surface area (Å²) in [6.45, 7) is 3.62. The van der Waals surface area contributed by atoms with Crippen molar-refractivity contribution < 1.29 is 14.3 Å². The molecule has 0 radical (unpaired) electrons. The largest absolute Gasteiger partial charge is 0.392 e. The first kappa shape index (κ1) is 9.19. The van der Waals surface area contributed by atoms with Crippen molar-refractivity contribution in [2.75, 3.05) is 0 Å². The third-order valence-corrected chi connectivity index (χ3v) is 2.96. The standard InChI is InChI=1S/C11H12O3/c1-2-5-11-6-3-8(4-7-11)9(12)14-10(11)13/h2-3,6,8H,1,4-5,7H2. The van der Waals surface area contributed by atoms with Gasteiger partial charge < -0.3 is 4.74 Å². The number of carbonyl (C=O) groups excluding carboxylic acids is 2. The SMILES string of the molecule is C=CCC12C=CC(CC1)C(=O)OC2=O. The van der Waals surface area contributed by atoms with Gasteiger partial charge in [-0.3, -0.25) is 9.59 Å². The molecule has 0 aromatic carbocycles. The molecule has 3 nitrogen and oxygen atoms in total. The van der Waals surface area contributed by atoms with Crippen LogP contribution in [0.4, 0.5) is 0 Å². The van der Waals surface area contributed by atoms with Crippen molar-refractivity contribution in [3.05, 3.63) is 24.8 Å². The van der Waals surface area contributed by atoms with Crippen LogP contribution in [0, 0.1) is 11.3 Å². The van der Waals surface area contributed by atoms with Crippen molar-refractivity contribution in [1.29, 1.82) is 0 Å². The molecular weight excluding hydrogens is 180 g/mol. The highest BCUT2D eigenvalue weighted by Crippen LogP contribution is 2.41. The Kier molecular flexibility index (Phi) is 2.02. The first-order chi connectivity index (χ1) is 6.68. The molecule has 0 aromatic heterocycles. The van der Waals surface area contributed by atoms with Crippen molar-refractivity contribution in [2.45, 2.75) is 19.3 Å². The molecule has 1 fully saturated rings. The van der Waals surface area contributed by atoms with Crippen LogP contribution in [0.15, 0.2) is 24.8 Å². The molecule has 2 atom stereocenters. The van der Waals surface area contributed by atoms with Crippen molar-refractivity contribution in [2.24, 2.45) is 11.3 Å². The molecule has 2 bridgehead atoms. The number of hydrogen-bond donors (Lipinski definition) is 0. The molecule has 1 aliphatic carbocycles. The highest BCUT2D eigenvalue weighted by Gasteiger charge is 2.45. The molecule has 74 valence electrons. The number of allylic oxidation sites excluding steroid dienone is 1. The van der Waals surface area contributed by atoms with E-state index in [9.17, 15) is 9.59 Å². The molecule has 3 heteroatoms. The molecule has 3 rings (SSSR count). The van der Waals surface area contributed by atoms with Crippen molar-refractivity contribution in [1.82, 2.24) is 0 Å². The molecule has 14 heavy (non-hydrogen) atoms. The Morgan fingerprint density at radius 3 is 3.00 bits per heavy atom. The Labute approximate surface area is 82.4 Å². The molecule has 2 unspecified atom stereocenters. The van der Waals surface area contributed by atoms with Gasteiger partial charge in [-0.25, -0.2) is 0 Å². The average molecular weight is 192 g/mol. The second-order valence-electron chi connectivity index (χ2n) is 3.86. The van der Waals surface area contributed by atoms with Crippen molar-refractivity contribution in [3.63, 3.8) is 0 Å². The molecule has 2 aliphatic heterocycles. The number of esters is 2. The molecule has 1 saturated heterocycles. The first-order valence-electron chi connectivity index (χ1n) is 4.74. The van der Waals surface area contributed by atoms with Crippen LogP contribution in [0.5, 0.6) is 0 Å². The monoisotopic (exact) mass is 192 g/mol. The van der Waals surface area contributed by atoms with Gasteiger partial charge in [0.15, 0.2) is 0 Å². The summed E-state index contributed by atoms with van der Waals surface area (Å²) < 4.78 is 4.77. The minimum atomic E-state index is -0.621. The number of fused-ring (bicyclic) bond motifs is 3. The van der Waals surface area contributed by atoms with Gasteiger partial charge in [0.2, 0.25) is 0 Å². The summed E-state index contributed by atoms with van der Waals surface area (Å²) in [5, 5.41) is 0. The highest BCUT2D eigenvalue weighted by molar-refractivity contribution is 5.94. The maximum Gasteiger partial charge on any atom is 0.323 e. The van der Waals surface area contributed by atoms with E-state index in [1.165, 1.54) is 0 Å². The van der Waals surface area contributed by atoms with E-state index in [4.69, 9.17) is 4.74 Å². The van der Waals surface area contributed by atoms with Crippen LogP contribution in [0.3, 0.4) is 0 Å². The number of rotatable bonds is 2. The first-order valence-corrected chi connectivity index (χ1v) is 4.74. The maximum atomic E-state index is 11.7. The fraction of sp³-hybridized carbons (Fsp3) is 0.455. The Hall–Kier alpha value is -1.38. The lowest BCUT2D eigenvalue weighted by Crippen LogP contribution is -2.29. The van der Waals surface area contributed by atoms with Crippen LogP contribution in [0.2, 0.25) is 0 Å². The van der Waals surface area contributed by atoms with E-state index >= 15 is 0 Å². The van der Waals surface area contributed by atoms with E-state index in [1.807, 2.05) is 6.08 Å². The van der Waals surface area contributed by atoms with Crippen LogP contribution in [-0.4, -0.2) is 11.9 Å². The topological polar surface area (TPSA) is 43.4 Å². The fourth-order valence-corrected chi connectivity index (χ4v) is 2.04. The quantitative estimate of drug-likeness (QED) is 0.379. The minimum absolute atomic E-state index is 0.223. The van der Waals surface area contributed by atoms with E-state index in [1.54, 1.807) is 12.2 Å². The van der Waals surface area contributed by atoms with Crippen molar-refractivity contribution in [3.8, 4) is 0 Å². The van der Waals surface area contributed by atoms with Gasteiger partial charge in [-0.2, -0.15) is 0 Å². The molecular formula is C11H12O3. The zero-order chi connectivity index (χ0) is 10.2. The Balaban J connectivity index is 2.38.